The van der Waals surface area contributed by atoms with Crippen LogP contribution in [0.5, 0.6) is 0 Å². The van der Waals surface area contributed by atoms with Gasteiger partial charge in [0.2, 0.25) is 0 Å². The van der Waals surface area contributed by atoms with Gasteiger partial charge in [-0.2, -0.15) is 0 Å². The van der Waals surface area contributed by atoms with Crippen molar-refractivity contribution in [2.45, 2.75) is 10.9 Å². The van der Waals surface area contributed by atoms with Crippen LogP contribution in [0, 0.1) is 0 Å². The molecule has 0 fully saturated rings. The van der Waals surface area contributed by atoms with E-state index < -0.39 is 0 Å². The first kappa shape index (κ1) is 23.0. The van der Waals surface area contributed by atoms with E-state index in [1.54, 1.807) is 25.6 Å². The third kappa shape index (κ3) is 5.78. The van der Waals surface area contributed by atoms with Crippen LogP contribution in [0.4, 0.5) is 0 Å². The van der Waals surface area contributed by atoms with Gasteiger partial charge in [0.15, 0.2) is 11.0 Å². The number of rotatable bonds is 9. The molecule has 7 nitrogen and oxygen atoms in total. The molecule has 0 bridgehead atoms. The van der Waals surface area contributed by atoms with Crippen LogP contribution < -0.4 is 5.32 Å². The zero-order chi connectivity index (χ0) is 23.0. The second-order valence-electron chi connectivity index (χ2n) is 7.10. The second kappa shape index (κ2) is 11.1. The van der Waals surface area contributed by atoms with E-state index in [0.717, 1.165) is 22.0 Å². The molecule has 0 spiro atoms. The molecule has 168 valence electrons. The van der Waals surface area contributed by atoms with Gasteiger partial charge in [0.05, 0.1) is 12.3 Å². The van der Waals surface area contributed by atoms with E-state index >= 15 is 0 Å². The lowest BCUT2D eigenvalue weighted by atomic mass is 10.1. The van der Waals surface area contributed by atoms with Gasteiger partial charge < -0.3 is 10.1 Å². The highest BCUT2D eigenvalue weighted by Crippen LogP contribution is 2.30. The van der Waals surface area contributed by atoms with Crippen molar-refractivity contribution < 1.29 is 9.53 Å². The van der Waals surface area contributed by atoms with Crippen LogP contribution in [0.15, 0.2) is 78.2 Å². The van der Waals surface area contributed by atoms with Crippen molar-refractivity contribution in [3.8, 4) is 17.1 Å². The number of halogens is 1. The number of carbonyl (C=O) groups excluding carboxylic acids is 1. The quantitative estimate of drug-likeness (QED) is 0.278. The maximum atomic E-state index is 12.4. The fourth-order valence-corrected chi connectivity index (χ4v) is 4.30. The molecule has 4 rings (SSSR count). The number of hydrogen-bond acceptors (Lipinski definition) is 6. The summed E-state index contributed by atoms with van der Waals surface area (Å²) in [5, 5.41) is 13.1. The van der Waals surface area contributed by atoms with E-state index in [0.29, 0.717) is 35.3 Å². The predicted molar refractivity (Wildman–Crippen MR) is 130 cm³/mol. The number of methoxy groups -OCH3 is 1. The van der Waals surface area contributed by atoms with E-state index in [1.807, 2.05) is 59.2 Å². The number of thioether (sulfide) groups is 1. The Labute approximate surface area is 201 Å². The summed E-state index contributed by atoms with van der Waals surface area (Å²) in [7, 11) is 1.60. The van der Waals surface area contributed by atoms with Gasteiger partial charge in [-0.3, -0.25) is 14.3 Å². The number of ether oxygens (including phenoxy) is 1. The number of carbonyl (C=O) groups is 1. The van der Waals surface area contributed by atoms with Gasteiger partial charge in [0.25, 0.3) is 5.91 Å². The van der Waals surface area contributed by atoms with Gasteiger partial charge in [0.1, 0.15) is 0 Å². The molecule has 4 aromatic rings. The average Bonchev–Trinajstić information content (AvgIpc) is 3.27. The van der Waals surface area contributed by atoms with E-state index in [-0.39, 0.29) is 5.91 Å². The summed E-state index contributed by atoms with van der Waals surface area (Å²) >= 11 is 7.80. The van der Waals surface area contributed by atoms with Gasteiger partial charge >= 0.3 is 0 Å². The fourth-order valence-electron chi connectivity index (χ4n) is 3.22. The monoisotopic (exact) mass is 479 g/mol. The molecular weight excluding hydrogens is 458 g/mol. The Morgan fingerprint density at radius 1 is 1.09 bits per heavy atom. The molecule has 0 radical (unpaired) electrons. The number of amides is 1. The first-order chi connectivity index (χ1) is 16.2. The van der Waals surface area contributed by atoms with Crippen LogP contribution in [0.3, 0.4) is 0 Å². The lowest BCUT2D eigenvalue weighted by Crippen LogP contribution is -2.26. The smallest absolute Gasteiger partial charge is 0.251 e. The summed E-state index contributed by atoms with van der Waals surface area (Å²) in [6.07, 6.45) is 3.45. The molecule has 0 atom stereocenters. The number of benzene rings is 2. The minimum Gasteiger partial charge on any atom is -0.383 e. The van der Waals surface area contributed by atoms with Crippen molar-refractivity contribution in [2.24, 2.45) is 0 Å². The minimum absolute atomic E-state index is 0.124. The van der Waals surface area contributed by atoms with Gasteiger partial charge in [-0.25, -0.2) is 0 Å². The Morgan fingerprint density at radius 3 is 2.70 bits per heavy atom. The van der Waals surface area contributed by atoms with Crippen LogP contribution in [-0.4, -0.2) is 45.9 Å². The Morgan fingerprint density at radius 2 is 1.91 bits per heavy atom. The Kier molecular flexibility index (Phi) is 7.72. The van der Waals surface area contributed by atoms with Crippen molar-refractivity contribution in [3.05, 3.63) is 89.2 Å². The van der Waals surface area contributed by atoms with Crippen molar-refractivity contribution in [2.75, 3.05) is 20.3 Å². The van der Waals surface area contributed by atoms with Gasteiger partial charge in [-0.05, 0) is 48.0 Å². The SMILES string of the molecule is COCCNC(=O)c1cccc(CSc2nnc(-c3ccncc3)n2-c2cccc(Cl)c2)c1. The number of nitrogens with zero attached hydrogens (tertiary/aromatic N) is 4. The molecule has 1 amide bonds. The van der Waals surface area contributed by atoms with Crippen molar-refractivity contribution in [3.63, 3.8) is 0 Å². The molecule has 2 heterocycles. The van der Waals surface area contributed by atoms with Gasteiger partial charge in [-0.15, -0.1) is 10.2 Å². The third-order valence-electron chi connectivity index (χ3n) is 4.79. The Hall–Kier alpha value is -3.20. The molecule has 2 aromatic heterocycles. The molecule has 0 unspecified atom stereocenters. The van der Waals surface area contributed by atoms with Crippen LogP contribution in [0.1, 0.15) is 15.9 Å². The normalized spacial score (nSPS) is 10.8. The van der Waals surface area contributed by atoms with Crippen LogP contribution in [0.25, 0.3) is 17.1 Å². The highest BCUT2D eigenvalue weighted by molar-refractivity contribution is 7.98. The third-order valence-corrected chi connectivity index (χ3v) is 6.02. The second-order valence-corrected chi connectivity index (χ2v) is 8.47. The van der Waals surface area contributed by atoms with E-state index in [2.05, 4.69) is 20.5 Å². The summed E-state index contributed by atoms with van der Waals surface area (Å²) < 4.78 is 6.96. The molecule has 0 saturated carbocycles. The number of aromatic nitrogens is 4. The van der Waals surface area contributed by atoms with Crippen LogP contribution >= 0.6 is 23.4 Å². The lowest BCUT2D eigenvalue weighted by molar-refractivity contribution is 0.0937. The predicted octanol–water partition coefficient (Wildman–Crippen LogP) is 4.65. The topological polar surface area (TPSA) is 81.9 Å². The van der Waals surface area contributed by atoms with Crippen molar-refractivity contribution in [1.82, 2.24) is 25.1 Å². The fraction of sp³-hybridized carbons (Fsp3) is 0.167. The molecule has 33 heavy (non-hydrogen) atoms. The highest BCUT2D eigenvalue weighted by atomic mass is 35.5. The van der Waals surface area contributed by atoms with E-state index in [4.69, 9.17) is 16.3 Å². The zero-order valence-electron chi connectivity index (χ0n) is 17.9. The summed E-state index contributed by atoms with van der Waals surface area (Å²) in [5.41, 5.74) is 3.38. The van der Waals surface area contributed by atoms with Crippen molar-refractivity contribution in [1.29, 1.82) is 0 Å². The minimum atomic E-state index is -0.124. The summed E-state index contributed by atoms with van der Waals surface area (Å²) in [5.74, 6) is 1.20. The summed E-state index contributed by atoms with van der Waals surface area (Å²) in [4.78, 5) is 16.5. The molecule has 9 heteroatoms. The zero-order valence-corrected chi connectivity index (χ0v) is 19.5. The highest BCUT2D eigenvalue weighted by Gasteiger charge is 2.17. The first-order valence-electron chi connectivity index (χ1n) is 10.3. The van der Waals surface area contributed by atoms with E-state index in [1.165, 1.54) is 11.8 Å². The van der Waals surface area contributed by atoms with Crippen LogP contribution in [0.2, 0.25) is 5.02 Å². The lowest BCUT2D eigenvalue weighted by Gasteiger charge is -2.11. The molecule has 2 aromatic carbocycles. The van der Waals surface area contributed by atoms with E-state index in [9.17, 15) is 4.79 Å². The molecule has 0 aliphatic rings. The Balaban J connectivity index is 1.59. The summed E-state index contributed by atoms with van der Waals surface area (Å²) in [6.45, 7) is 0.940. The maximum Gasteiger partial charge on any atom is 0.251 e. The van der Waals surface area contributed by atoms with Crippen molar-refractivity contribution >= 4 is 29.3 Å². The molecule has 1 N–H and O–H groups in total. The molecule has 0 aliphatic carbocycles. The largest absolute Gasteiger partial charge is 0.383 e. The number of pyridine rings is 1. The molecule has 0 saturated heterocycles. The van der Waals surface area contributed by atoms with Gasteiger partial charge in [-0.1, -0.05) is 41.6 Å². The summed E-state index contributed by atoms with van der Waals surface area (Å²) in [6, 6.07) is 18.9. The maximum absolute atomic E-state index is 12.4. The first-order valence-corrected chi connectivity index (χ1v) is 11.6. The number of nitrogens with one attached hydrogen (secondary N) is 1. The average molecular weight is 480 g/mol. The molecular formula is C24H22ClN5O2S. The van der Waals surface area contributed by atoms with Crippen LogP contribution in [-0.2, 0) is 10.5 Å². The molecule has 0 aliphatic heterocycles. The van der Waals surface area contributed by atoms with Gasteiger partial charge in [0, 0.05) is 48.0 Å². The number of hydrogen-bond donors (Lipinski definition) is 1. The standard InChI is InChI=1S/C24H22ClN5O2S/c1-32-13-12-27-23(31)19-5-2-4-17(14-19)16-33-24-29-28-22(18-8-10-26-11-9-18)30(24)21-7-3-6-20(25)15-21/h2-11,14-15H,12-13,16H2,1H3,(H,27,31). The Bertz CT molecular complexity index is 1230.